The Balaban J connectivity index is 1.49. The second-order valence-electron chi connectivity index (χ2n) is 5.06. The van der Waals surface area contributed by atoms with Crippen molar-refractivity contribution in [3.05, 3.63) is 22.2 Å². The number of hydrogen-bond acceptors (Lipinski definition) is 3. The van der Waals surface area contributed by atoms with Crippen LogP contribution in [0.1, 0.15) is 31.2 Å². The van der Waals surface area contributed by atoms with Crippen molar-refractivity contribution >= 4 is 15.9 Å². The van der Waals surface area contributed by atoms with E-state index in [0.717, 1.165) is 35.0 Å². The Labute approximate surface area is 116 Å². The molecule has 0 radical (unpaired) electrons. The number of benzene rings is 1. The predicted octanol–water partition coefficient (Wildman–Crippen LogP) is 3.46. The van der Waals surface area contributed by atoms with Gasteiger partial charge in [-0.05, 0) is 43.0 Å². The van der Waals surface area contributed by atoms with E-state index in [1.54, 1.807) is 0 Å². The van der Waals surface area contributed by atoms with Gasteiger partial charge in [-0.25, -0.2) is 0 Å². The van der Waals surface area contributed by atoms with Crippen LogP contribution in [0.3, 0.4) is 0 Å². The standard InChI is InChI=1S/C14H18BrNO2/c15-12-7-14-13(17-9-18-14)6-11(12)8-16-5-1-2-10-3-4-10/h6-7,10,16H,1-5,8-9H2. The zero-order valence-electron chi connectivity index (χ0n) is 10.4. The minimum absolute atomic E-state index is 0.333. The minimum Gasteiger partial charge on any atom is -0.454 e. The molecule has 3 rings (SSSR count). The summed E-state index contributed by atoms with van der Waals surface area (Å²) in [5.74, 6) is 2.72. The summed E-state index contributed by atoms with van der Waals surface area (Å²) in [6.07, 6.45) is 5.57. The van der Waals surface area contributed by atoms with Crippen LogP contribution in [0.25, 0.3) is 0 Å². The highest BCUT2D eigenvalue weighted by Crippen LogP contribution is 2.37. The SMILES string of the molecule is Brc1cc2c(cc1CNCCCC1CC1)OCO2. The summed E-state index contributed by atoms with van der Waals surface area (Å²) >= 11 is 3.58. The Morgan fingerprint density at radius 2 is 2.00 bits per heavy atom. The molecular weight excluding hydrogens is 294 g/mol. The van der Waals surface area contributed by atoms with Crippen LogP contribution in [0.4, 0.5) is 0 Å². The summed E-state index contributed by atoms with van der Waals surface area (Å²) in [4.78, 5) is 0. The maximum Gasteiger partial charge on any atom is 0.231 e. The second kappa shape index (κ2) is 5.49. The van der Waals surface area contributed by atoms with Crippen molar-refractivity contribution in [2.75, 3.05) is 13.3 Å². The number of fused-ring (bicyclic) bond motifs is 1. The van der Waals surface area contributed by atoms with Gasteiger partial charge < -0.3 is 14.8 Å². The fourth-order valence-electron chi connectivity index (χ4n) is 2.24. The zero-order valence-corrected chi connectivity index (χ0v) is 12.0. The van der Waals surface area contributed by atoms with Gasteiger partial charge in [0.2, 0.25) is 6.79 Å². The molecule has 2 aliphatic rings. The summed E-state index contributed by atoms with van der Waals surface area (Å²) in [7, 11) is 0. The molecular formula is C14H18BrNO2. The lowest BCUT2D eigenvalue weighted by atomic mass is 10.2. The van der Waals surface area contributed by atoms with E-state index in [0.29, 0.717) is 6.79 Å². The average Bonchev–Trinajstić information content (AvgIpc) is 3.07. The van der Waals surface area contributed by atoms with Gasteiger partial charge in [0, 0.05) is 11.0 Å². The molecule has 98 valence electrons. The molecule has 1 saturated carbocycles. The molecule has 4 heteroatoms. The van der Waals surface area contributed by atoms with Crippen molar-refractivity contribution < 1.29 is 9.47 Å². The highest BCUT2D eigenvalue weighted by Gasteiger charge is 2.20. The van der Waals surface area contributed by atoms with E-state index < -0.39 is 0 Å². The first-order chi connectivity index (χ1) is 8.83. The Kier molecular flexibility index (Phi) is 3.75. The quantitative estimate of drug-likeness (QED) is 0.816. The van der Waals surface area contributed by atoms with Crippen molar-refractivity contribution in [1.82, 2.24) is 5.32 Å². The second-order valence-corrected chi connectivity index (χ2v) is 5.91. The molecule has 0 aromatic heterocycles. The van der Waals surface area contributed by atoms with Crippen molar-refractivity contribution in [1.29, 1.82) is 0 Å². The third-order valence-corrected chi connectivity index (χ3v) is 4.26. The van der Waals surface area contributed by atoms with Crippen LogP contribution in [-0.4, -0.2) is 13.3 Å². The maximum absolute atomic E-state index is 5.39. The maximum atomic E-state index is 5.39. The van der Waals surface area contributed by atoms with E-state index in [4.69, 9.17) is 9.47 Å². The molecule has 0 bridgehead atoms. The van der Waals surface area contributed by atoms with Crippen LogP contribution < -0.4 is 14.8 Å². The first-order valence-corrected chi connectivity index (χ1v) is 7.41. The molecule has 0 saturated heterocycles. The molecule has 0 spiro atoms. The van der Waals surface area contributed by atoms with E-state index in [2.05, 4.69) is 27.3 Å². The number of halogens is 1. The number of rotatable bonds is 6. The molecule has 0 atom stereocenters. The zero-order chi connectivity index (χ0) is 12.4. The third kappa shape index (κ3) is 2.98. The molecule has 1 heterocycles. The van der Waals surface area contributed by atoms with Gasteiger partial charge in [-0.1, -0.05) is 28.8 Å². The van der Waals surface area contributed by atoms with E-state index in [-0.39, 0.29) is 0 Å². The average molecular weight is 312 g/mol. The minimum atomic E-state index is 0.333. The van der Waals surface area contributed by atoms with Crippen molar-refractivity contribution in [2.24, 2.45) is 5.92 Å². The topological polar surface area (TPSA) is 30.5 Å². The van der Waals surface area contributed by atoms with Crippen molar-refractivity contribution in [2.45, 2.75) is 32.2 Å². The highest BCUT2D eigenvalue weighted by molar-refractivity contribution is 9.10. The van der Waals surface area contributed by atoms with Gasteiger partial charge in [0.15, 0.2) is 11.5 Å². The van der Waals surface area contributed by atoms with Crippen molar-refractivity contribution in [3.8, 4) is 11.5 Å². The molecule has 1 aromatic carbocycles. The van der Waals surface area contributed by atoms with Gasteiger partial charge in [0.1, 0.15) is 0 Å². The normalized spacial score (nSPS) is 17.2. The van der Waals surface area contributed by atoms with E-state index in [9.17, 15) is 0 Å². The largest absolute Gasteiger partial charge is 0.454 e. The van der Waals surface area contributed by atoms with E-state index >= 15 is 0 Å². The number of nitrogens with one attached hydrogen (secondary N) is 1. The van der Waals surface area contributed by atoms with E-state index in [1.165, 1.54) is 31.2 Å². The van der Waals surface area contributed by atoms with Gasteiger partial charge in [0.25, 0.3) is 0 Å². The molecule has 1 aromatic rings. The Morgan fingerprint density at radius 3 is 2.78 bits per heavy atom. The third-order valence-electron chi connectivity index (χ3n) is 3.52. The molecule has 0 unspecified atom stereocenters. The highest BCUT2D eigenvalue weighted by atomic mass is 79.9. The van der Waals surface area contributed by atoms with Gasteiger partial charge >= 0.3 is 0 Å². The number of hydrogen-bond donors (Lipinski definition) is 1. The molecule has 18 heavy (non-hydrogen) atoms. The van der Waals surface area contributed by atoms with Crippen molar-refractivity contribution in [3.63, 3.8) is 0 Å². The Hall–Kier alpha value is -0.740. The lowest BCUT2D eigenvalue weighted by Crippen LogP contribution is -2.15. The lowest BCUT2D eigenvalue weighted by molar-refractivity contribution is 0.174. The molecule has 3 nitrogen and oxygen atoms in total. The van der Waals surface area contributed by atoms with E-state index in [1.807, 2.05) is 6.07 Å². The molecule has 1 aliphatic carbocycles. The van der Waals surface area contributed by atoms with Crippen LogP contribution in [0, 0.1) is 5.92 Å². The van der Waals surface area contributed by atoms with Crippen LogP contribution in [0.5, 0.6) is 11.5 Å². The summed E-state index contributed by atoms with van der Waals surface area (Å²) < 4.78 is 11.8. The van der Waals surface area contributed by atoms with Crippen LogP contribution in [0.2, 0.25) is 0 Å². The lowest BCUT2D eigenvalue weighted by Gasteiger charge is -2.08. The van der Waals surface area contributed by atoms with Crippen LogP contribution >= 0.6 is 15.9 Å². The molecule has 0 amide bonds. The Morgan fingerprint density at radius 1 is 1.22 bits per heavy atom. The Bertz CT molecular complexity index is 432. The fraction of sp³-hybridized carbons (Fsp3) is 0.571. The molecule has 1 aliphatic heterocycles. The predicted molar refractivity (Wildman–Crippen MR) is 73.9 cm³/mol. The van der Waals surface area contributed by atoms with Gasteiger partial charge in [-0.15, -0.1) is 0 Å². The summed E-state index contributed by atoms with van der Waals surface area (Å²) in [5.41, 5.74) is 1.23. The molecule has 1 N–H and O–H groups in total. The molecule has 1 fully saturated rings. The monoisotopic (exact) mass is 311 g/mol. The van der Waals surface area contributed by atoms with Crippen LogP contribution in [0.15, 0.2) is 16.6 Å². The summed E-state index contributed by atoms with van der Waals surface area (Å²) in [5, 5.41) is 3.49. The summed E-state index contributed by atoms with van der Waals surface area (Å²) in [6.45, 7) is 2.30. The number of ether oxygens (including phenoxy) is 2. The summed E-state index contributed by atoms with van der Waals surface area (Å²) in [6, 6.07) is 4.05. The first-order valence-electron chi connectivity index (χ1n) is 6.61. The van der Waals surface area contributed by atoms with Gasteiger partial charge in [0.05, 0.1) is 0 Å². The first kappa shape index (κ1) is 12.3. The van der Waals surface area contributed by atoms with Gasteiger partial charge in [-0.2, -0.15) is 0 Å². The van der Waals surface area contributed by atoms with Crippen LogP contribution in [-0.2, 0) is 6.54 Å². The fourth-order valence-corrected chi connectivity index (χ4v) is 2.70. The smallest absolute Gasteiger partial charge is 0.231 e. The van der Waals surface area contributed by atoms with Gasteiger partial charge in [-0.3, -0.25) is 0 Å².